The highest BCUT2D eigenvalue weighted by atomic mass is 32.2. The Bertz CT molecular complexity index is 842. The van der Waals surface area contributed by atoms with Gasteiger partial charge in [-0.15, -0.1) is 0 Å². The predicted octanol–water partition coefficient (Wildman–Crippen LogP) is -1.36. The Hall–Kier alpha value is -1.94. The van der Waals surface area contributed by atoms with Gasteiger partial charge in [0.2, 0.25) is 5.16 Å². The van der Waals surface area contributed by atoms with Gasteiger partial charge in [-0.25, -0.2) is 17.9 Å². The number of nitrogens with zero attached hydrogens (tertiary/aromatic N) is 2. The fourth-order valence-electron chi connectivity index (χ4n) is 1.58. The zero-order valence-corrected chi connectivity index (χ0v) is 11.3. The van der Waals surface area contributed by atoms with Crippen molar-refractivity contribution in [1.29, 1.82) is 0 Å². The first-order valence-corrected chi connectivity index (χ1v) is 6.92. The summed E-state index contributed by atoms with van der Waals surface area (Å²) >= 11 is 0. The van der Waals surface area contributed by atoms with Crippen LogP contribution in [0.1, 0.15) is 13.8 Å². The van der Waals surface area contributed by atoms with Crippen LogP contribution >= 0.6 is 0 Å². The number of nitrogens with one attached hydrogen (secondary N) is 3. The van der Waals surface area contributed by atoms with E-state index in [0.717, 1.165) is 4.57 Å². The second-order valence-corrected chi connectivity index (χ2v) is 5.96. The number of fused-ring (bicyclic) bond motifs is 1. The molecule has 0 fully saturated rings. The number of rotatable bonds is 3. The Morgan fingerprint density at radius 3 is 2.47 bits per heavy atom. The van der Waals surface area contributed by atoms with Crippen molar-refractivity contribution in [2.75, 3.05) is 0 Å². The third kappa shape index (κ3) is 2.31. The first-order chi connectivity index (χ1) is 8.72. The van der Waals surface area contributed by atoms with Crippen LogP contribution in [-0.4, -0.2) is 34.0 Å². The summed E-state index contributed by atoms with van der Waals surface area (Å²) in [6.45, 7) is 3.31. The van der Waals surface area contributed by atoms with E-state index in [1.54, 1.807) is 13.8 Å². The van der Waals surface area contributed by atoms with Gasteiger partial charge < -0.3 is 4.98 Å². The lowest BCUT2D eigenvalue weighted by atomic mass is 10.4. The van der Waals surface area contributed by atoms with E-state index >= 15 is 0 Å². The molecule has 0 unspecified atom stereocenters. The summed E-state index contributed by atoms with van der Waals surface area (Å²) in [5.74, 6) is 0. The summed E-state index contributed by atoms with van der Waals surface area (Å²) < 4.78 is 27.2. The molecule has 0 spiro atoms. The van der Waals surface area contributed by atoms with E-state index in [0.29, 0.717) is 0 Å². The van der Waals surface area contributed by atoms with E-state index in [1.807, 2.05) is 0 Å². The van der Waals surface area contributed by atoms with Gasteiger partial charge in [0.05, 0.1) is 0 Å². The standard InChI is InChI=1S/C9H13N5O4S/c1-4(2)13-19(17,18)8-10-5-6(11-8)14(3)9(16)12-7(5)15/h4,13H,1-3H3,(H,10,11)(H,12,15,16). The molecule has 0 aliphatic rings. The molecule has 0 aliphatic carbocycles. The Morgan fingerprint density at radius 2 is 1.89 bits per heavy atom. The molecular formula is C9H13N5O4S. The Balaban J connectivity index is 2.73. The second kappa shape index (κ2) is 4.31. The number of aryl methyl sites for hydroxylation is 1. The van der Waals surface area contributed by atoms with Crippen LogP contribution in [0.15, 0.2) is 14.7 Å². The average Bonchev–Trinajstić information content (AvgIpc) is 2.70. The zero-order valence-electron chi connectivity index (χ0n) is 10.5. The van der Waals surface area contributed by atoms with Crippen molar-refractivity contribution in [3.8, 4) is 0 Å². The number of hydrogen-bond donors (Lipinski definition) is 3. The monoisotopic (exact) mass is 287 g/mol. The number of imidazole rings is 1. The molecule has 2 rings (SSSR count). The highest BCUT2D eigenvalue weighted by Gasteiger charge is 2.22. The van der Waals surface area contributed by atoms with Gasteiger partial charge in [0.1, 0.15) is 0 Å². The number of aromatic nitrogens is 4. The summed E-state index contributed by atoms with van der Waals surface area (Å²) in [7, 11) is -2.47. The first kappa shape index (κ1) is 13.5. The SMILES string of the molecule is CC(C)NS(=O)(=O)c1nc2c([nH]1)c(=O)[nH]c(=O)n2C. The molecule has 0 aromatic carbocycles. The maximum atomic E-state index is 11.9. The van der Waals surface area contributed by atoms with Crippen molar-refractivity contribution in [1.82, 2.24) is 24.2 Å². The minimum absolute atomic E-state index is 0.0159. The Kier molecular flexibility index (Phi) is 3.06. The van der Waals surface area contributed by atoms with Gasteiger partial charge in [0, 0.05) is 13.1 Å². The van der Waals surface area contributed by atoms with Gasteiger partial charge in [0.25, 0.3) is 15.6 Å². The van der Waals surface area contributed by atoms with Crippen molar-refractivity contribution in [2.45, 2.75) is 25.0 Å². The van der Waals surface area contributed by atoms with Crippen LogP contribution in [0.3, 0.4) is 0 Å². The van der Waals surface area contributed by atoms with E-state index in [1.165, 1.54) is 7.05 Å². The molecule has 9 nitrogen and oxygen atoms in total. The number of aromatic amines is 2. The molecule has 2 aromatic heterocycles. The molecule has 2 heterocycles. The molecule has 0 saturated heterocycles. The van der Waals surface area contributed by atoms with Gasteiger partial charge in [-0.3, -0.25) is 14.3 Å². The van der Waals surface area contributed by atoms with Crippen LogP contribution in [0.25, 0.3) is 11.2 Å². The zero-order chi connectivity index (χ0) is 14.4. The van der Waals surface area contributed by atoms with E-state index in [9.17, 15) is 18.0 Å². The molecule has 19 heavy (non-hydrogen) atoms. The Morgan fingerprint density at radius 1 is 1.26 bits per heavy atom. The van der Waals surface area contributed by atoms with Crippen molar-refractivity contribution in [2.24, 2.45) is 7.05 Å². The van der Waals surface area contributed by atoms with Crippen LogP contribution in [0.2, 0.25) is 0 Å². The third-order valence-corrected chi connectivity index (χ3v) is 3.86. The van der Waals surface area contributed by atoms with Crippen molar-refractivity contribution >= 4 is 21.2 Å². The summed E-state index contributed by atoms with van der Waals surface area (Å²) in [4.78, 5) is 31.2. The molecule has 0 saturated carbocycles. The van der Waals surface area contributed by atoms with Gasteiger partial charge in [-0.2, -0.15) is 4.98 Å². The summed E-state index contributed by atoms with van der Waals surface area (Å²) in [5, 5.41) is -0.400. The van der Waals surface area contributed by atoms with Crippen LogP contribution in [0, 0.1) is 0 Å². The predicted molar refractivity (Wildman–Crippen MR) is 67.4 cm³/mol. The molecule has 10 heteroatoms. The van der Waals surface area contributed by atoms with Gasteiger partial charge in [0.15, 0.2) is 11.2 Å². The van der Waals surface area contributed by atoms with E-state index in [-0.39, 0.29) is 17.2 Å². The normalized spacial score (nSPS) is 12.4. The maximum absolute atomic E-state index is 11.9. The molecule has 0 amide bonds. The molecule has 2 aromatic rings. The third-order valence-electron chi connectivity index (χ3n) is 2.38. The van der Waals surface area contributed by atoms with E-state index in [2.05, 4.69) is 19.7 Å². The number of sulfonamides is 1. The summed E-state index contributed by atoms with van der Waals surface area (Å²) in [5.41, 5.74) is -1.45. The lowest BCUT2D eigenvalue weighted by Crippen LogP contribution is -2.31. The fraction of sp³-hybridized carbons (Fsp3) is 0.444. The van der Waals surface area contributed by atoms with Gasteiger partial charge >= 0.3 is 5.69 Å². The van der Waals surface area contributed by atoms with Crippen LogP contribution in [-0.2, 0) is 17.1 Å². The van der Waals surface area contributed by atoms with Crippen molar-refractivity contribution < 1.29 is 8.42 Å². The first-order valence-electron chi connectivity index (χ1n) is 5.43. The molecule has 104 valence electrons. The lowest BCUT2D eigenvalue weighted by Gasteiger charge is -2.05. The quantitative estimate of drug-likeness (QED) is 0.641. The largest absolute Gasteiger partial charge is 0.329 e. The van der Waals surface area contributed by atoms with E-state index < -0.39 is 26.4 Å². The number of H-pyrrole nitrogens is 2. The van der Waals surface area contributed by atoms with Crippen LogP contribution in [0.4, 0.5) is 0 Å². The highest BCUT2D eigenvalue weighted by molar-refractivity contribution is 7.89. The summed E-state index contributed by atoms with van der Waals surface area (Å²) in [6, 6.07) is -0.319. The second-order valence-electron chi connectivity index (χ2n) is 4.33. The van der Waals surface area contributed by atoms with Crippen LogP contribution < -0.4 is 16.0 Å². The molecular weight excluding hydrogens is 274 g/mol. The maximum Gasteiger partial charge on any atom is 0.329 e. The van der Waals surface area contributed by atoms with Crippen molar-refractivity contribution in [3.63, 3.8) is 0 Å². The molecule has 0 atom stereocenters. The smallest absolute Gasteiger partial charge is 0.322 e. The molecule has 3 N–H and O–H groups in total. The molecule has 0 bridgehead atoms. The van der Waals surface area contributed by atoms with E-state index in [4.69, 9.17) is 0 Å². The lowest BCUT2D eigenvalue weighted by molar-refractivity contribution is 0.562. The number of hydrogen-bond acceptors (Lipinski definition) is 5. The Labute approximate surface area is 107 Å². The minimum atomic E-state index is -3.85. The molecule has 0 aliphatic heterocycles. The van der Waals surface area contributed by atoms with Gasteiger partial charge in [-0.1, -0.05) is 0 Å². The fourth-order valence-corrected chi connectivity index (χ4v) is 2.75. The van der Waals surface area contributed by atoms with Crippen molar-refractivity contribution in [3.05, 3.63) is 20.8 Å². The minimum Gasteiger partial charge on any atom is -0.322 e. The average molecular weight is 287 g/mol. The van der Waals surface area contributed by atoms with Crippen LogP contribution in [0.5, 0.6) is 0 Å². The topological polar surface area (TPSA) is 130 Å². The summed E-state index contributed by atoms with van der Waals surface area (Å²) in [6.07, 6.45) is 0. The van der Waals surface area contributed by atoms with Gasteiger partial charge in [-0.05, 0) is 13.8 Å². The highest BCUT2D eigenvalue weighted by Crippen LogP contribution is 2.09. The molecule has 0 radical (unpaired) electrons.